The van der Waals surface area contributed by atoms with Crippen molar-refractivity contribution in [2.45, 2.75) is 37.3 Å². The highest BCUT2D eigenvalue weighted by Gasteiger charge is 2.64. The molecule has 0 unspecified atom stereocenters. The van der Waals surface area contributed by atoms with Crippen LogP contribution in [0.1, 0.15) is 40.7 Å². The van der Waals surface area contributed by atoms with Crippen LogP contribution in [-0.4, -0.2) is 92.4 Å². The molecule has 0 radical (unpaired) electrons. The van der Waals surface area contributed by atoms with Crippen LogP contribution in [0.5, 0.6) is 5.75 Å². The standard InChI is InChI=1S/C26H28FN3O8/c1-29(2)18-12-8-10-7-11-9-13(27)16(25(37)30-5-3-4-6-30)20(32)14(11)19(31)15(10)22(34)26(12,38)23(35)17(21(18)33)24(28)36/h9-10,12,18,31-32,35,38H,3-8H2,1-2H3,(H2,28,36)/t10-,12-,18-,26-/m0/s1. The van der Waals surface area contributed by atoms with E-state index in [2.05, 4.69) is 0 Å². The average molecular weight is 530 g/mol. The molecule has 202 valence electrons. The fourth-order valence-electron chi connectivity index (χ4n) is 6.55. The van der Waals surface area contributed by atoms with Gasteiger partial charge in [-0.25, -0.2) is 4.39 Å². The Morgan fingerprint density at radius 2 is 1.79 bits per heavy atom. The maximum Gasteiger partial charge on any atom is 0.260 e. The number of halogens is 1. The van der Waals surface area contributed by atoms with Crippen molar-refractivity contribution >= 4 is 29.1 Å². The third kappa shape index (κ3) is 3.33. The van der Waals surface area contributed by atoms with Gasteiger partial charge in [0.2, 0.25) is 5.78 Å². The number of primary amides is 1. The monoisotopic (exact) mass is 529 g/mol. The Morgan fingerprint density at radius 3 is 2.37 bits per heavy atom. The molecule has 0 bridgehead atoms. The molecule has 6 N–H and O–H groups in total. The molecule has 4 atom stereocenters. The van der Waals surface area contributed by atoms with Crippen LogP contribution < -0.4 is 5.73 Å². The van der Waals surface area contributed by atoms with E-state index in [9.17, 15) is 39.6 Å². The van der Waals surface area contributed by atoms with E-state index in [1.807, 2.05) is 0 Å². The number of amides is 2. The van der Waals surface area contributed by atoms with Crippen LogP contribution in [0.3, 0.4) is 0 Å². The molecule has 3 aliphatic carbocycles. The lowest BCUT2D eigenvalue weighted by atomic mass is 9.57. The number of ketones is 2. The highest BCUT2D eigenvalue weighted by Crippen LogP contribution is 2.53. The minimum absolute atomic E-state index is 0.0583. The molecule has 2 amide bonds. The number of carbonyl (C=O) groups excluding carboxylic acids is 4. The lowest BCUT2D eigenvalue weighted by Gasteiger charge is -2.50. The number of rotatable bonds is 3. The molecule has 12 heteroatoms. The van der Waals surface area contributed by atoms with Gasteiger partial charge >= 0.3 is 0 Å². The van der Waals surface area contributed by atoms with E-state index in [1.54, 1.807) is 0 Å². The molecule has 1 aromatic rings. The topological polar surface area (TPSA) is 182 Å². The van der Waals surface area contributed by atoms with E-state index in [1.165, 1.54) is 23.9 Å². The number of aromatic hydroxyl groups is 1. The van der Waals surface area contributed by atoms with Gasteiger partial charge in [-0.05, 0) is 57.3 Å². The van der Waals surface area contributed by atoms with Gasteiger partial charge in [-0.3, -0.25) is 24.1 Å². The normalized spacial score (nSPS) is 29.0. The number of carbonyl (C=O) groups is 4. The van der Waals surface area contributed by atoms with Gasteiger partial charge in [0.1, 0.15) is 34.2 Å². The second kappa shape index (κ2) is 8.63. The summed E-state index contributed by atoms with van der Waals surface area (Å²) in [5.74, 6) is -9.92. The van der Waals surface area contributed by atoms with Crippen LogP contribution in [0.25, 0.3) is 5.76 Å². The van der Waals surface area contributed by atoms with Crippen LogP contribution in [0.2, 0.25) is 0 Å². The average Bonchev–Trinajstić information content (AvgIpc) is 3.35. The molecular weight excluding hydrogens is 501 g/mol. The van der Waals surface area contributed by atoms with Gasteiger partial charge in [0.25, 0.3) is 11.8 Å². The van der Waals surface area contributed by atoms with Crippen molar-refractivity contribution in [2.75, 3.05) is 27.2 Å². The largest absolute Gasteiger partial charge is 0.508 e. The Balaban J connectivity index is 1.69. The number of aliphatic hydroxyl groups is 3. The Morgan fingerprint density at radius 1 is 1.16 bits per heavy atom. The number of likely N-dealkylation sites (tertiary alicyclic amines) is 1. The summed E-state index contributed by atoms with van der Waals surface area (Å²) < 4.78 is 15.1. The van der Waals surface area contributed by atoms with Gasteiger partial charge in [0.05, 0.1) is 11.6 Å². The van der Waals surface area contributed by atoms with Gasteiger partial charge in [-0.2, -0.15) is 0 Å². The van der Waals surface area contributed by atoms with E-state index in [-0.39, 0.29) is 29.5 Å². The van der Waals surface area contributed by atoms with E-state index >= 15 is 4.39 Å². The van der Waals surface area contributed by atoms with E-state index in [4.69, 9.17) is 5.73 Å². The maximum absolute atomic E-state index is 15.1. The van der Waals surface area contributed by atoms with Gasteiger partial charge in [0.15, 0.2) is 11.4 Å². The molecule has 1 heterocycles. The molecule has 38 heavy (non-hydrogen) atoms. The Kier molecular flexibility index (Phi) is 5.88. The van der Waals surface area contributed by atoms with Crippen molar-refractivity contribution in [1.82, 2.24) is 9.80 Å². The summed E-state index contributed by atoms with van der Waals surface area (Å²) in [4.78, 5) is 54.7. The quantitative estimate of drug-likeness (QED) is 0.345. The molecule has 1 aliphatic heterocycles. The number of fused-ring (bicyclic) bond motifs is 3. The second-order valence-corrected chi connectivity index (χ2v) is 10.6. The third-order valence-electron chi connectivity index (χ3n) is 8.27. The Bertz CT molecular complexity index is 1380. The Hall–Kier alpha value is -3.77. The summed E-state index contributed by atoms with van der Waals surface area (Å²) >= 11 is 0. The Labute approximate surface area is 216 Å². The number of phenolic OH excluding ortho intramolecular Hbond substituents is 1. The van der Waals surface area contributed by atoms with Gasteiger partial charge < -0.3 is 31.1 Å². The number of hydrogen-bond acceptors (Lipinski definition) is 9. The van der Waals surface area contributed by atoms with Crippen LogP contribution in [0, 0.1) is 17.7 Å². The number of phenols is 1. The summed E-state index contributed by atoms with van der Waals surface area (Å²) in [6.45, 7) is 0.771. The molecule has 11 nitrogen and oxygen atoms in total. The van der Waals surface area contributed by atoms with Crippen molar-refractivity contribution in [1.29, 1.82) is 0 Å². The summed E-state index contributed by atoms with van der Waals surface area (Å²) in [6.07, 6.45) is 1.29. The number of benzene rings is 1. The second-order valence-electron chi connectivity index (χ2n) is 10.6. The predicted molar refractivity (Wildman–Crippen MR) is 129 cm³/mol. The first-order chi connectivity index (χ1) is 17.8. The van der Waals surface area contributed by atoms with Crippen LogP contribution in [0.4, 0.5) is 4.39 Å². The summed E-state index contributed by atoms with van der Waals surface area (Å²) in [5.41, 5.74) is 0.460. The van der Waals surface area contributed by atoms with Crippen LogP contribution >= 0.6 is 0 Å². The molecule has 2 fully saturated rings. The van der Waals surface area contributed by atoms with Crippen LogP contribution in [0.15, 0.2) is 23.0 Å². The van der Waals surface area contributed by atoms with Crippen molar-refractivity contribution in [3.63, 3.8) is 0 Å². The third-order valence-corrected chi connectivity index (χ3v) is 8.27. The summed E-state index contributed by atoms with van der Waals surface area (Å²) in [6, 6.07) is -0.174. The summed E-state index contributed by atoms with van der Waals surface area (Å²) in [5, 5.41) is 44.7. The van der Waals surface area contributed by atoms with Crippen molar-refractivity contribution in [3.05, 3.63) is 45.5 Å². The van der Waals surface area contributed by atoms with Gasteiger partial charge in [0, 0.05) is 24.6 Å². The minimum Gasteiger partial charge on any atom is -0.508 e. The SMILES string of the molecule is CN(C)[C@@H]1C(=O)C(C(N)=O)=C(O)[C@@]2(O)C(=O)C3=C(O)c4c(cc(F)c(C(=O)N5CCCC5)c4O)C[C@H]3C[C@@H]12. The first kappa shape index (κ1) is 25.9. The van der Waals surface area contributed by atoms with Gasteiger partial charge in [-0.1, -0.05) is 0 Å². The first-order valence-corrected chi connectivity index (χ1v) is 12.3. The highest BCUT2D eigenvalue weighted by molar-refractivity contribution is 6.24. The van der Waals surface area contributed by atoms with Crippen LogP contribution in [-0.2, 0) is 20.8 Å². The predicted octanol–water partition coefficient (Wildman–Crippen LogP) is 0.339. The molecule has 1 aromatic carbocycles. The van der Waals surface area contributed by atoms with Gasteiger partial charge in [-0.15, -0.1) is 0 Å². The number of nitrogens with two attached hydrogens (primary N) is 1. The highest BCUT2D eigenvalue weighted by atomic mass is 19.1. The number of Topliss-reactive ketones (excluding diaryl/α,β-unsaturated/α-hetero) is 2. The van der Waals surface area contributed by atoms with E-state index in [0.29, 0.717) is 13.1 Å². The number of hydrogen-bond donors (Lipinski definition) is 5. The van der Waals surface area contributed by atoms with Crippen molar-refractivity contribution in [2.24, 2.45) is 17.6 Å². The molecular formula is C26H28FN3O8. The lowest BCUT2D eigenvalue weighted by Crippen LogP contribution is -2.65. The maximum atomic E-state index is 15.1. The molecule has 4 aliphatic rings. The zero-order valence-corrected chi connectivity index (χ0v) is 20.8. The molecule has 0 spiro atoms. The zero-order chi connectivity index (χ0) is 27.8. The summed E-state index contributed by atoms with van der Waals surface area (Å²) in [7, 11) is 3.00. The van der Waals surface area contributed by atoms with E-state index < -0.39 is 81.1 Å². The fraction of sp³-hybridized carbons (Fsp3) is 0.462. The molecule has 1 saturated carbocycles. The van der Waals surface area contributed by atoms with Crippen molar-refractivity contribution in [3.8, 4) is 5.75 Å². The minimum atomic E-state index is -2.77. The van der Waals surface area contributed by atoms with E-state index in [0.717, 1.165) is 18.9 Å². The smallest absolute Gasteiger partial charge is 0.260 e. The first-order valence-electron chi connectivity index (χ1n) is 12.3. The molecule has 5 rings (SSSR count). The molecule has 0 aromatic heterocycles. The number of likely N-dealkylation sites (N-methyl/N-ethyl adjacent to an activating group) is 1. The fourth-order valence-corrected chi connectivity index (χ4v) is 6.55. The molecule has 1 saturated heterocycles. The number of aliphatic hydroxyl groups excluding tert-OH is 2. The zero-order valence-electron chi connectivity index (χ0n) is 20.8. The van der Waals surface area contributed by atoms with Crippen molar-refractivity contribution < 1.29 is 44.0 Å². The lowest BCUT2D eigenvalue weighted by molar-refractivity contribution is -0.153. The number of nitrogens with zero attached hydrogens (tertiary/aromatic N) is 2.